The average Bonchev–Trinajstić information content (AvgIpc) is 2.37. The first-order valence-electron chi connectivity index (χ1n) is 5.64. The molecule has 0 aromatic carbocycles. The molecule has 0 aliphatic carbocycles. The lowest BCUT2D eigenvalue weighted by molar-refractivity contribution is 0.0726. The SMILES string of the molecule is CCNc1nc(NCC(O)COC)nc(OC)n1. The summed E-state index contributed by atoms with van der Waals surface area (Å²) in [7, 11) is 3.01. The number of rotatable bonds is 8. The van der Waals surface area contributed by atoms with E-state index in [1.165, 1.54) is 14.2 Å². The molecule has 1 unspecified atom stereocenters. The van der Waals surface area contributed by atoms with Crippen molar-refractivity contribution in [1.29, 1.82) is 0 Å². The van der Waals surface area contributed by atoms with Gasteiger partial charge < -0.3 is 25.2 Å². The van der Waals surface area contributed by atoms with Crippen molar-refractivity contribution in [2.24, 2.45) is 0 Å². The molecule has 0 spiro atoms. The Bertz CT molecular complexity index is 363. The van der Waals surface area contributed by atoms with E-state index < -0.39 is 6.10 Å². The number of anilines is 2. The van der Waals surface area contributed by atoms with E-state index in [0.29, 0.717) is 18.4 Å². The van der Waals surface area contributed by atoms with E-state index in [2.05, 4.69) is 25.6 Å². The molecule has 0 aliphatic heterocycles. The standard InChI is InChI=1S/C10H19N5O3/c1-4-11-8-13-9(15-10(14-8)18-3)12-5-7(16)6-17-2/h7,16H,4-6H2,1-3H3,(H2,11,12,13,14,15). The van der Waals surface area contributed by atoms with Crippen molar-refractivity contribution in [3.05, 3.63) is 0 Å². The van der Waals surface area contributed by atoms with Crippen molar-refractivity contribution in [3.63, 3.8) is 0 Å². The smallest absolute Gasteiger partial charge is 0.322 e. The molecule has 0 saturated heterocycles. The van der Waals surface area contributed by atoms with E-state index >= 15 is 0 Å². The normalized spacial score (nSPS) is 12.0. The van der Waals surface area contributed by atoms with Crippen molar-refractivity contribution in [2.75, 3.05) is 44.5 Å². The number of nitrogens with one attached hydrogen (secondary N) is 2. The molecule has 0 radical (unpaired) electrons. The number of aliphatic hydroxyl groups excluding tert-OH is 1. The highest BCUT2D eigenvalue weighted by Gasteiger charge is 2.08. The fourth-order valence-electron chi connectivity index (χ4n) is 1.22. The number of hydrogen-bond acceptors (Lipinski definition) is 8. The van der Waals surface area contributed by atoms with E-state index in [-0.39, 0.29) is 19.2 Å². The maximum atomic E-state index is 9.50. The lowest BCUT2D eigenvalue weighted by Gasteiger charge is -2.11. The molecule has 8 nitrogen and oxygen atoms in total. The highest BCUT2D eigenvalue weighted by Crippen LogP contribution is 2.10. The van der Waals surface area contributed by atoms with Gasteiger partial charge in [0.25, 0.3) is 0 Å². The van der Waals surface area contributed by atoms with Crippen LogP contribution in [0.1, 0.15) is 6.92 Å². The molecule has 18 heavy (non-hydrogen) atoms. The zero-order chi connectivity index (χ0) is 13.4. The Morgan fingerprint density at radius 1 is 1.17 bits per heavy atom. The van der Waals surface area contributed by atoms with E-state index in [0.717, 1.165) is 0 Å². The summed E-state index contributed by atoms with van der Waals surface area (Å²) in [6.07, 6.45) is -0.625. The van der Waals surface area contributed by atoms with Gasteiger partial charge in [-0.1, -0.05) is 0 Å². The third kappa shape index (κ3) is 4.68. The average molecular weight is 257 g/mol. The summed E-state index contributed by atoms with van der Waals surface area (Å²) >= 11 is 0. The first-order valence-corrected chi connectivity index (χ1v) is 5.64. The molecule has 0 saturated carbocycles. The van der Waals surface area contributed by atoms with Crippen LogP contribution in [0, 0.1) is 0 Å². The van der Waals surface area contributed by atoms with Gasteiger partial charge in [-0.2, -0.15) is 15.0 Å². The minimum atomic E-state index is -0.625. The Balaban J connectivity index is 2.65. The van der Waals surface area contributed by atoms with Crippen LogP contribution in [0.25, 0.3) is 0 Å². The third-order valence-corrected chi connectivity index (χ3v) is 1.99. The monoisotopic (exact) mass is 257 g/mol. The second kappa shape index (κ2) is 7.62. The molecule has 0 aliphatic rings. The van der Waals surface area contributed by atoms with Crippen molar-refractivity contribution in [3.8, 4) is 6.01 Å². The Hall–Kier alpha value is -1.67. The van der Waals surface area contributed by atoms with Gasteiger partial charge in [0, 0.05) is 20.2 Å². The molecule has 0 bridgehead atoms. The van der Waals surface area contributed by atoms with Gasteiger partial charge in [-0.25, -0.2) is 0 Å². The van der Waals surface area contributed by atoms with Crippen LogP contribution >= 0.6 is 0 Å². The summed E-state index contributed by atoms with van der Waals surface area (Å²) in [5.74, 6) is 0.765. The van der Waals surface area contributed by atoms with Gasteiger partial charge >= 0.3 is 6.01 Å². The van der Waals surface area contributed by atoms with Gasteiger partial charge in [0.1, 0.15) is 0 Å². The molecular weight excluding hydrogens is 238 g/mol. The number of aromatic nitrogens is 3. The topological polar surface area (TPSA) is 101 Å². The largest absolute Gasteiger partial charge is 0.467 e. The maximum Gasteiger partial charge on any atom is 0.322 e. The van der Waals surface area contributed by atoms with Crippen LogP contribution in [0.2, 0.25) is 0 Å². The number of hydrogen-bond donors (Lipinski definition) is 3. The Labute approximate surface area is 106 Å². The number of methoxy groups -OCH3 is 2. The van der Waals surface area contributed by atoms with Gasteiger partial charge in [-0.3, -0.25) is 0 Å². The second-order valence-electron chi connectivity index (χ2n) is 3.49. The number of aliphatic hydroxyl groups is 1. The summed E-state index contributed by atoms with van der Waals surface area (Å²) in [6.45, 7) is 3.16. The van der Waals surface area contributed by atoms with Crippen LogP contribution in [0.3, 0.4) is 0 Å². The van der Waals surface area contributed by atoms with Gasteiger partial charge in [0.15, 0.2) is 0 Å². The Kier molecular flexibility index (Phi) is 6.09. The van der Waals surface area contributed by atoms with Crippen LogP contribution in [0.4, 0.5) is 11.9 Å². The van der Waals surface area contributed by atoms with Gasteiger partial charge in [-0.05, 0) is 6.92 Å². The molecule has 1 rings (SSSR count). The molecule has 0 amide bonds. The predicted molar refractivity (Wildman–Crippen MR) is 66.9 cm³/mol. The summed E-state index contributed by atoms with van der Waals surface area (Å²) in [5, 5.41) is 15.4. The molecule has 1 heterocycles. The van der Waals surface area contributed by atoms with Crippen LogP contribution in [0.5, 0.6) is 6.01 Å². The second-order valence-corrected chi connectivity index (χ2v) is 3.49. The minimum Gasteiger partial charge on any atom is -0.467 e. The van der Waals surface area contributed by atoms with Crippen LogP contribution < -0.4 is 15.4 Å². The maximum absolute atomic E-state index is 9.50. The van der Waals surface area contributed by atoms with E-state index in [4.69, 9.17) is 9.47 Å². The molecule has 8 heteroatoms. The van der Waals surface area contributed by atoms with E-state index in [1.54, 1.807) is 0 Å². The molecule has 102 valence electrons. The van der Waals surface area contributed by atoms with E-state index in [1.807, 2.05) is 6.92 Å². The van der Waals surface area contributed by atoms with Crippen molar-refractivity contribution in [1.82, 2.24) is 15.0 Å². The quantitative estimate of drug-likeness (QED) is 0.585. The summed E-state index contributed by atoms with van der Waals surface area (Å²) in [5.41, 5.74) is 0. The highest BCUT2D eigenvalue weighted by atomic mass is 16.5. The molecular formula is C10H19N5O3. The molecule has 1 atom stereocenters. The van der Waals surface area contributed by atoms with Crippen molar-refractivity contribution >= 4 is 11.9 Å². The molecule has 0 fully saturated rings. The van der Waals surface area contributed by atoms with Gasteiger partial charge in [0.05, 0.1) is 19.8 Å². The van der Waals surface area contributed by atoms with Crippen LogP contribution in [-0.4, -0.2) is 60.1 Å². The van der Waals surface area contributed by atoms with Crippen molar-refractivity contribution in [2.45, 2.75) is 13.0 Å². The predicted octanol–water partition coefficient (Wildman–Crippen LogP) is -0.269. The zero-order valence-corrected chi connectivity index (χ0v) is 10.8. The highest BCUT2D eigenvalue weighted by molar-refractivity contribution is 5.35. The minimum absolute atomic E-state index is 0.213. The summed E-state index contributed by atoms with van der Waals surface area (Å²) in [4.78, 5) is 12.2. The van der Waals surface area contributed by atoms with E-state index in [9.17, 15) is 5.11 Å². The Morgan fingerprint density at radius 2 is 1.83 bits per heavy atom. The van der Waals surface area contributed by atoms with Gasteiger partial charge in [-0.15, -0.1) is 0 Å². The molecule has 1 aromatic heterocycles. The summed E-state index contributed by atoms with van der Waals surface area (Å²) < 4.78 is 9.79. The number of nitrogens with zero attached hydrogens (tertiary/aromatic N) is 3. The first kappa shape index (κ1) is 14.4. The first-order chi connectivity index (χ1) is 8.69. The zero-order valence-electron chi connectivity index (χ0n) is 10.8. The number of ether oxygens (including phenoxy) is 2. The fourth-order valence-corrected chi connectivity index (χ4v) is 1.22. The fraction of sp³-hybridized carbons (Fsp3) is 0.700. The lowest BCUT2D eigenvalue weighted by atomic mass is 10.4. The van der Waals surface area contributed by atoms with Crippen molar-refractivity contribution < 1.29 is 14.6 Å². The Morgan fingerprint density at radius 3 is 2.39 bits per heavy atom. The van der Waals surface area contributed by atoms with Crippen LogP contribution in [-0.2, 0) is 4.74 Å². The lowest BCUT2D eigenvalue weighted by Crippen LogP contribution is -2.25. The molecule has 1 aromatic rings. The summed E-state index contributed by atoms with van der Waals surface area (Å²) in [6, 6.07) is 0.213. The third-order valence-electron chi connectivity index (χ3n) is 1.99. The van der Waals surface area contributed by atoms with Gasteiger partial charge in [0.2, 0.25) is 11.9 Å². The van der Waals surface area contributed by atoms with Crippen LogP contribution in [0.15, 0.2) is 0 Å². The molecule has 3 N–H and O–H groups in total.